The minimum atomic E-state index is -3.03. The van der Waals surface area contributed by atoms with Gasteiger partial charge in [0.1, 0.15) is 21.5 Å². The van der Waals surface area contributed by atoms with Crippen molar-refractivity contribution in [3.05, 3.63) is 35.9 Å². The van der Waals surface area contributed by atoms with Crippen molar-refractivity contribution in [2.75, 3.05) is 28.8 Å². The molecule has 0 amide bonds. The van der Waals surface area contributed by atoms with Crippen molar-refractivity contribution in [3.63, 3.8) is 0 Å². The van der Waals surface area contributed by atoms with Gasteiger partial charge in [0.05, 0.1) is 22.2 Å². The summed E-state index contributed by atoms with van der Waals surface area (Å²) in [4.78, 5) is 15.7. The highest BCUT2D eigenvalue weighted by Crippen LogP contribution is 2.37. The van der Waals surface area contributed by atoms with Crippen LogP contribution in [-0.2, 0) is 16.9 Å². The van der Waals surface area contributed by atoms with E-state index in [0.29, 0.717) is 34.7 Å². The largest absolute Gasteiger partial charge is 0.351 e. The van der Waals surface area contributed by atoms with Crippen molar-refractivity contribution in [1.82, 2.24) is 34.5 Å². The van der Waals surface area contributed by atoms with E-state index in [1.807, 2.05) is 17.7 Å². The van der Waals surface area contributed by atoms with Crippen LogP contribution >= 0.6 is 11.6 Å². The Hall–Kier alpha value is -3.25. The molecule has 5 rings (SSSR count). The topological polar surface area (TPSA) is 124 Å². The molecule has 0 saturated carbocycles. The van der Waals surface area contributed by atoms with Gasteiger partial charge in [-0.1, -0.05) is 11.6 Å². The summed E-state index contributed by atoms with van der Waals surface area (Å²) in [6, 6.07) is 3.91. The molecule has 0 spiro atoms. The van der Waals surface area contributed by atoms with E-state index in [2.05, 4.69) is 44.1 Å². The van der Waals surface area contributed by atoms with Crippen LogP contribution in [0.25, 0.3) is 22.3 Å². The van der Waals surface area contributed by atoms with Gasteiger partial charge in [0, 0.05) is 62.5 Å². The number of anilines is 3. The van der Waals surface area contributed by atoms with Crippen LogP contribution in [0.2, 0.25) is 5.15 Å². The van der Waals surface area contributed by atoms with Crippen molar-refractivity contribution in [2.24, 2.45) is 13.0 Å². The van der Waals surface area contributed by atoms with Crippen LogP contribution in [-0.4, -0.2) is 67.5 Å². The smallest absolute Gasteiger partial charge is 0.166 e. The highest BCUT2D eigenvalue weighted by molar-refractivity contribution is 7.90. The molecule has 1 N–H and O–H groups in total. The maximum Gasteiger partial charge on any atom is 0.166 e. The molecule has 190 valence electrons. The molecule has 13 heteroatoms. The second-order valence-electron chi connectivity index (χ2n) is 9.59. The van der Waals surface area contributed by atoms with Gasteiger partial charge in [-0.05, 0) is 26.8 Å². The van der Waals surface area contributed by atoms with Gasteiger partial charge in [-0.3, -0.25) is 9.36 Å². The third-order valence-corrected chi connectivity index (χ3v) is 7.70. The zero-order valence-electron chi connectivity index (χ0n) is 20.7. The first-order valence-corrected chi connectivity index (χ1v) is 14.1. The van der Waals surface area contributed by atoms with Gasteiger partial charge in [0.15, 0.2) is 16.8 Å². The molecule has 0 radical (unpaired) electrons. The summed E-state index contributed by atoms with van der Waals surface area (Å²) < 4.78 is 27.1. The van der Waals surface area contributed by atoms with Gasteiger partial charge in [-0.15, -0.1) is 0 Å². The van der Waals surface area contributed by atoms with E-state index in [1.54, 1.807) is 36.4 Å². The van der Waals surface area contributed by atoms with Gasteiger partial charge in [-0.25, -0.2) is 23.4 Å². The number of nitrogens with zero attached hydrogens (tertiary/aromatic N) is 8. The van der Waals surface area contributed by atoms with Gasteiger partial charge in [0.25, 0.3) is 0 Å². The first kappa shape index (κ1) is 24.4. The minimum Gasteiger partial charge on any atom is -0.351 e. The van der Waals surface area contributed by atoms with Crippen molar-refractivity contribution in [3.8, 4) is 11.4 Å². The summed E-state index contributed by atoms with van der Waals surface area (Å²) in [6.07, 6.45) is 6.51. The van der Waals surface area contributed by atoms with E-state index in [4.69, 9.17) is 16.7 Å². The molecule has 36 heavy (non-hydrogen) atoms. The Balaban J connectivity index is 1.44. The molecule has 1 fully saturated rings. The summed E-state index contributed by atoms with van der Waals surface area (Å²) in [5, 5.41) is 13.5. The Morgan fingerprint density at radius 2 is 2.00 bits per heavy atom. The van der Waals surface area contributed by atoms with Crippen molar-refractivity contribution >= 4 is 49.8 Å². The van der Waals surface area contributed by atoms with Crippen LogP contribution in [0.5, 0.6) is 0 Å². The predicted octanol–water partition coefficient (Wildman–Crippen LogP) is 3.47. The summed E-state index contributed by atoms with van der Waals surface area (Å²) in [5.41, 5.74) is 1.58. The molecule has 1 saturated heterocycles. The Morgan fingerprint density at radius 1 is 1.22 bits per heavy atom. The second-order valence-corrected chi connectivity index (χ2v) is 12.1. The molecule has 11 nitrogen and oxygen atoms in total. The number of sulfone groups is 1. The maximum absolute atomic E-state index is 11.8. The molecular weight excluding hydrogens is 502 g/mol. The lowest BCUT2D eigenvalue weighted by atomic mass is 9.91. The SMILES string of the molecule is CC(C)n1nc(N2C[C@H](CS(C)(=O)=O)[C@H]2C)c2cnc(Nc3ccnc(-c4cn(C)nc4Cl)n3)cc21. The zero-order valence-corrected chi connectivity index (χ0v) is 22.3. The van der Waals surface area contributed by atoms with E-state index in [0.717, 1.165) is 16.7 Å². The van der Waals surface area contributed by atoms with Crippen LogP contribution in [0, 0.1) is 5.92 Å². The Morgan fingerprint density at radius 3 is 2.64 bits per heavy atom. The molecule has 2 atom stereocenters. The first-order chi connectivity index (χ1) is 17.0. The average molecular weight is 530 g/mol. The number of fused-ring (bicyclic) bond motifs is 1. The standard InChI is InChI=1S/C23H28ClN9O2S/c1-13(2)33-18-8-20(27-19-6-7-25-22(28-19)17-11-31(4)29-21(17)24)26-9-16(18)23(30-33)32-10-15(14(32)3)12-36(5,34)35/h6-9,11,13-15H,10,12H2,1-5H3,(H,25,26,27,28)/t14-,15-/m1/s1. The van der Waals surface area contributed by atoms with Crippen molar-refractivity contribution < 1.29 is 8.42 Å². The van der Waals surface area contributed by atoms with Crippen LogP contribution in [0.15, 0.2) is 30.7 Å². The number of rotatable bonds is 7. The lowest BCUT2D eigenvalue weighted by Gasteiger charge is -2.46. The highest BCUT2D eigenvalue weighted by atomic mass is 35.5. The fraction of sp³-hybridized carbons (Fsp3) is 0.435. The van der Waals surface area contributed by atoms with E-state index in [-0.39, 0.29) is 23.8 Å². The third-order valence-electron chi connectivity index (χ3n) is 6.39. The normalized spacial score (nSPS) is 18.1. The van der Waals surface area contributed by atoms with E-state index in [9.17, 15) is 8.42 Å². The predicted molar refractivity (Wildman–Crippen MR) is 140 cm³/mol. The third kappa shape index (κ3) is 4.62. The van der Waals surface area contributed by atoms with E-state index >= 15 is 0 Å². The molecule has 0 bridgehead atoms. The molecule has 4 aromatic rings. The number of nitrogens with one attached hydrogen (secondary N) is 1. The number of aromatic nitrogens is 7. The number of aryl methyl sites for hydroxylation is 1. The number of pyridine rings is 1. The lowest BCUT2D eigenvalue weighted by molar-refractivity contribution is 0.337. The monoisotopic (exact) mass is 529 g/mol. The molecular formula is C23H28ClN9O2S. The number of halogens is 1. The van der Waals surface area contributed by atoms with Crippen LogP contribution in [0.1, 0.15) is 26.8 Å². The Labute approximate surface area is 214 Å². The molecule has 5 heterocycles. The van der Waals surface area contributed by atoms with Gasteiger partial charge < -0.3 is 10.2 Å². The van der Waals surface area contributed by atoms with E-state index < -0.39 is 9.84 Å². The van der Waals surface area contributed by atoms with Crippen LogP contribution in [0.4, 0.5) is 17.5 Å². The second kappa shape index (κ2) is 9.00. The molecule has 0 unspecified atom stereocenters. The quantitative estimate of drug-likeness (QED) is 0.383. The first-order valence-electron chi connectivity index (χ1n) is 11.6. The summed E-state index contributed by atoms with van der Waals surface area (Å²) >= 11 is 6.21. The fourth-order valence-electron chi connectivity index (χ4n) is 4.54. The average Bonchev–Trinajstić information content (AvgIpc) is 3.34. The zero-order chi connectivity index (χ0) is 25.8. The van der Waals surface area contributed by atoms with E-state index in [1.165, 1.54) is 6.26 Å². The molecule has 4 aromatic heterocycles. The van der Waals surface area contributed by atoms with Gasteiger partial charge >= 0.3 is 0 Å². The summed E-state index contributed by atoms with van der Waals surface area (Å²) in [5.74, 6) is 2.75. The minimum absolute atomic E-state index is 0.0787. The molecule has 1 aliphatic heterocycles. The van der Waals surface area contributed by atoms with Gasteiger partial charge in [0.2, 0.25) is 0 Å². The van der Waals surface area contributed by atoms with Gasteiger partial charge in [-0.2, -0.15) is 10.2 Å². The lowest BCUT2D eigenvalue weighted by Crippen LogP contribution is -2.57. The molecule has 0 aromatic carbocycles. The number of hydrogen-bond donors (Lipinski definition) is 1. The summed E-state index contributed by atoms with van der Waals surface area (Å²) in [6.45, 7) is 6.84. The Bertz CT molecular complexity index is 1550. The maximum atomic E-state index is 11.8. The molecule has 1 aliphatic rings. The van der Waals surface area contributed by atoms with Crippen molar-refractivity contribution in [1.29, 1.82) is 0 Å². The Kier molecular flexibility index (Phi) is 6.11. The van der Waals surface area contributed by atoms with Crippen molar-refractivity contribution in [2.45, 2.75) is 32.9 Å². The molecule has 0 aliphatic carbocycles. The summed E-state index contributed by atoms with van der Waals surface area (Å²) in [7, 11) is -1.24. The number of hydrogen-bond acceptors (Lipinski definition) is 9. The fourth-order valence-corrected chi connectivity index (χ4v) is 5.95. The van der Waals surface area contributed by atoms with Crippen LogP contribution in [0.3, 0.4) is 0 Å². The van der Waals surface area contributed by atoms with Crippen LogP contribution < -0.4 is 10.2 Å². The highest BCUT2D eigenvalue weighted by Gasteiger charge is 2.39.